The predicted octanol–water partition coefficient (Wildman–Crippen LogP) is 0.1000. The van der Waals surface area contributed by atoms with Crippen molar-refractivity contribution in [3.8, 4) is 0 Å². The standard InChI is InChI=1S/C21H24FN10O7PS/c22-12-14-19(31-7-27-13-16(31)29-21(24)30-18(13)33)38-20(12)35-2-1-8-3-10(37-11(8)5-36-40(34,41)39-14)9-4-25-17-15(23)26-6-28-32(9)17/h4,6-8,10-12,14,19-20H,1-3,5H2,(H,34,41)(H2,23,26,28)(H3,24,29,30,33)/t8-,10+,11+,12-,14+,19+,20?,40?/m0/s1. The lowest BCUT2D eigenvalue weighted by molar-refractivity contribution is -0.168. The number of nitrogens with one attached hydrogen (secondary N) is 1. The van der Waals surface area contributed by atoms with Crippen LogP contribution < -0.4 is 17.0 Å². The number of hydrogen-bond donors (Lipinski definition) is 4. The number of aromatic nitrogens is 8. The van der Waals surface area contributed by atoms with Crippen molar-refractivity contribution in [1.82, 2.24) is 39.1 Å². The number of nitrogens with zero attached hydrogens (tertiary/aromatic N) is 7. The molecule has 20 heteroatoms. The largest absolute Gasteiger partial charge is 0.381 e. The van der Waals surface area contributed by atoms with Crippen molar-refractivity contribution in [2.45, 2.75) is 49.8 Å². The van der Waals surface area contributed by atoms with E-state index in [1.165, 1.54) is 17.2 Å². The molecule has 41 heavy (non-hydrogen) atoms. The van der Waals surface area contributed by atoms with Crippen molar-refractivity contribution in [2.75, 3.05) is 24.7 Å². The quantitative estimate of drug-likeness (QED) is 0.221. The number of alkyl halides is 1. The number of anilines is 2. The first-order valence-electron chi connectivity index (χ1n) is 12.6. The summed E-state index contributed by atoms with van der Waals surface area (Å²) in [6.07, 6.45) is -1.75. The van der Waals surface area contributed by atoms with E-state index in [2.05, 4.69) is 30.0 Å². The second kappa shape index (κ2) is 9.99. The molecular formula is C21H24FN10O7PS. The molecule has 0 amide bonds. The molecule has 218 valence electrons. The van der Waals surface area contributed by atoms with Crippen LogP contribution in [-0.2, 0) is 35.1 Å². The number of nitrogen functional groups attached to an aromatic ring is 2. The van der Waals surface area contributed by atoms with Gasteiger partial charge in [0, 0.05) is 0 Å². The lowest BCUT2D eigenvalue weighted by Crippen LogP contribution is -2.33. The van der Waals surface area contributed by atoms with E-state index >= 15 is 4.39 Å². The highest BCUT2D eigenvalue weighted by molar-refractivity contribution is 8.07. The first-order valence-corrected chi connectivity index (χ1v) is 15.2. The van der Waals surface area contributed by atoms with Crippen LogP contribution in [0.1, 0.15) is 30.9 Å². The van der Waals surface area contributed by atoms with Crippen LogP contribution in [0.2, 0.25) is 0 Å². The third-order valence-corrected chi connectivity index (χ3v) is 8.91. The summed E-state index contributed by atoms with van der Waals surface area (Å²) in [6.45, 7) is -4.04. The minimum Gasteiger partial charge on any atom is -0.381 e. The highest BCUT2D eigenvalue weighted by Gasteiger charge is 2.51. The van der Waals surface area contributed by atoms with Gasteiger partial charge in [-0.25, -0.2) is 23.9 Å². The van der Waals surface area contributed by atoms with E-state index < -0.39 is 49.3 Å². The molecule has 3 saturated heterocycles. The van der Waals surface area contributed by atoms with Gasteiger partial charge in [-0.05, 0) is 30.6 Å². The number of aromatic amines is 1. The van der Waals surface area contributed by atoms with Gasteiger partial charge in [0.05, 0.1) is 37.5 Å². The monoisotopic (exact) mass is 610 g/mol. The summed E-state index contributed by atoms with van der Waals surface area (Å²) in [4.78, 5) is 41.9. The smallest absolute Gasteiger partial charge is 0.325 e. The maximum Gasteiger partial charge on any atom is 0.325 e. The molecule has 3 aliphatic heterocycles. The summed E-state index contributed by atoms with van der Waals surface area (Å²) in [5, 5.41) is 4.23. The summed E-state index contributed by atoms with van der Waals surface area (Å²) < 4.78 is 47.8. The van der Waals surface area contributed by atoms with Crippen molar-refractivity contribution in [3.05, 3.63) is 34.9 Å². The highest BCUT2D eigenvalue weighted by atomic mass is 32.5. The van der Waals surface area contributed by atoms with Gasteiger partial charge in [0.2, 0.25) is 5.95 Å². The Hall–Kier alpha value is -3.16. The van der Waals surface area contributed by atoms with Gasteiger partial charge >= 0.3 is 6.72 Å². The number of halogens is 1. The van der Waals surface area contributed by atoms with Crippen LogP contribution in [0, 0.1) is 5.92 Å². The number of nitrogens with two attached hydrogens (primary N) is 2. The van der Waals surface area contributed by atoms with E-state index in [-0.39, 0.29) is 42.1 Å². The Bertz CT molecular complexity index is 1740. The van der Waals surface area contributed by atoms with Gasteiger partial charge in [-0.1, -0.05) is 0 Å². The average molecular weight is 611 g/mol. The molecule has 7 heterocycles. The maximum absolute atomic E-state index is 15.7. The third-order valence-electron chi connectivity index (χ3n) is 7.35. The van der Waals surface area contributed by atoms with E-state index in [0.717, 1.165) is 0 Å². The molecule has 4 aromatic heterocycles. The maximum atomic E-state index is 15.7. The number of H-pyrrole nitrogens is 1. The van der Waals surface area contributed by atoms with Crippen LogP contribution in [0.25, 0.3) is 16.8 Å². The van der Waals surface area contributed by atoms with E-state index in [1.54, 1.807) is 10.7 Å². The molecule has 4 aromatic rings. The van der Waals surface area contributed by atoms with E-state index in [0.29, 0.717) is 24.2 Å². The Morgan fingerprint density at radius 2 is 2.07 bits per heavy atom. The molecule has 0 spiro atoms. The van der Waals surface area contributed by atoms with Crippen molar-refractivity contribution in [1.29, 1.82) is 0 Å². The van der Waals surface area contributed by atoms with Crippen molar-refractivity contribution in [3.63, 3.8) is 0 Å². The molecule has 2 unspecified atom stereocenters. The van der Waals surface area contributed by atoms with Crippen LogP contribution in [0.3, 0.4) is 0 Å². The fraction of sp³-hybridized carbons (Fsp3) is 0.524. The first kappa shape index (κ1) is 26.7. The SMILES string of the molecule is Nc1nc2c(ncn2[C@@H]2OC3OCC[C@H]4C[C@H](c5cnc6c(N)ncnn56)O[C@@H]4COP(O)(=S)O[C@@H]2[C@@H]3F)c(=O)[nH]1. The summed E-state index contributed by atoms with van der Waals surface area (Å²) in [7, 11) is 0. The molecule has 0 saturated carbocycles. The van der Waals surface area contributed by atoms with Crippen LogP contribution in [0.15, 0.2) is 23.6 Å². The number of fused-ring (bicyclic) bond motifs is 5. The third kappa shape index (κ3) is 4.67. The molecule has 8 atom stereocenters. The summed E-state index contributed by atoms with van der Waals surface area (Å²) in [5.41, 5.74) is 12.1. The second-order valence-electron chi connectivity index (χ2n) is 9.83. The van der Waals surface area contributed by atoms with Crippen LogP contribution in [0.5, 0.6) is 0 Å². The predicted molar refractivity (Wildman–Crippen MR) is 140 cm³/mol. The summed E-state index contributed by atoms with van der Waals surface area (Å²) in [6, 6.07) is 0. The summed E-state index contributed by atoms with van der Waals surface area (Å²) in [5.74, 6) is -0.0633. The van der Waals surface area contributed by atoms with E-state index in [9.17, 15) is 9.69 Å². The fourth-order valence-electron chi connectivity index (χ4n) is 5.43. The molecule has 7 rings (SSSR count). The van der Waals surface area contributed by atoms with E-state index in [1.807, 2.05) is 0 Å². The summed E-state index contributed by atoms with van der Waals surface area (Å²) >= 11 is 5.25. The minimum atomic E-state index is -4.04. The Morgan fingerprint density at radius 1 is 1.22 bits per heavy atom. The van der Waals surface area contributed by atoms with Gasteiger partial charge in [-0.2, -0.15) is 10.1 Å². The fourth-order valence-corrected chi connectivity index (χ4v) is 6.83. The van der Waals surface area contributed by atoms with Crippen LogP contribution >= 0.6 is 6.72 Å². The van der Waals surface area contributed by atoms with Gasteiger partial charge in [0.15, 0.2) is 41.3 Å². The molecule has 3 aliphatic rings. The zero-order valence-electron chi connectivity index (χ0n) is 21.0. The molecule has 0 aromatic carbocycles. The second-order valence-corrected chi connectivity index (χ2v) is 12.6. The Kier molecular flexibility index (Phi) is 6.51. The minimum absolute atomic E-state index is 0.0302. The molecule has 6 N–H and O–H groups in total. The normalized spacial score (nSPS) is 34.4. The van der Waals surface area contributed by atoms with Crippen LogP contribution in [-0.4, -0.2) is 81.9 Å². The Balaban J connectivity index is 1.15. The number of rotatable bonds is 2. The van der Waals surface area contributed by atoms with Gasteiger partial charge in [-0.15, -0.1) is 0 Å². The van der Waals surface area contributed by atoms with E-state index in [4.69, 9.17) is 46.5 Å². The van der Waals surface area contributed by atoms with Crippen molar-refractivity contribution in [2.24, 2.45) is 5.92 Å². The van der Waals surface area contributed by atoms with Crippen molar-refractivity contribution < 1.29 is 32.5 Å². The number of imidazole rings is 2. The molecule has 17 nitrogen and oxygen atoms in total. The van der Waals surface area contributed by atoms with Gasteiger partial charge in [0.1, 0.15) is 18.5 Å². The molecule has 0 aliphatic carbocycles. The molecule has 3 fully saturated rings. The zero-order chi connectivity index (χ0) is 28.5. The van der Waals surface area contributed by atoms with Crippen LogP contribution in [0.4, 0.5) is 16.2 Å². The van der Waals surface area contributed by atoms with Crippen molar-refractivity contribution >= 4 is 47.1 Å². The Morgan fingerprint density at radius 3 is 2.93 bits per heavy atom. The van der Waals surface area contributed by atoms with Gasteiger partial charge in [0.25, 0.3) is 5.56 Å². The van der Waals surface area contributed by atoms with Gasteiger partial charge < -0.3 is 35.1 Å². The molecular weight excluding hydrogens is 586 g/mol. The highest BCUT2D eigenvalue weighted by Crippen LogP contribution is 2.52. The first-order chi connectivity index (χ1) is 19.7. The molecule has 0 radical (unpaired) electrons. The average Bonchev–Trinajstić information content (AvgIpc) is 3.69. The lowest BCUT2D eigenvalue weighted by Gasteiger charge is -2.27. The lowest BCUT2D eigenvalue weighted by atomic mass is 9.95. The number of hydrogen-bond acceptors (Lipinski definition) is 14. The zero-order valence-corrected chi connectivity index (χ0v) is 22.7. The molecule has 2 bridgehead atoms. The number of ether oxygens (including phenoxy) is 3. The Labute approximate surface area is 234 Å². The topological polar surface area (TPSA) is 225 Å². The van der Waals surface area contributed by atoms with Gasteiger partial charge in [-0.3, -0.25) is 18.9 Å².